The lowest BCUT2D eigenvalue weighted by Crippen LogP contribution is -2.05. The normalized spacial score (nSPS) is 19.9. The van der Waals surface area contributed by atoms with E-state index in [0.717, 1.165) is 33.4 Å². The molecule has 80 valence electrons. The van der Waals surface area contributed by atoms with E-state index in [9.17, 15) is 0 Å². The van der Waals surface area contributed by atoms with Crippen LogP contribution in [0.4, 0.5) is 5.69 Å². The van der Waals surface area contributed by atoms with Gasteiger partial charge in [0.25, 0.3) is 0 Å². The van der Waals surface area contributed by atoms with Crippen molar-refractivity contribution in [1.29, 1.82) is 0 Å². The fourth-order valence-electron chi connectivity index (χ4n) is 1.80. The summed E-state index contributed by atoms with van der Waals surface area (Å²) in [5.74, 6) is 0. The molecule has 0 saturated heterocycles. The maximum Gasteiger partial charge on any atom is 0.160 e. The molecule has 0 spiro atoms. The standard InChI is InChI=1S/C11H13BrN2O/c1-6-5-10(15-14-6)11-7(2)8(12)3-4-9(11)13/h3-4,10H,5,13H2,1-2H3. The van der Waals surface area contributed by atoms with E-state index in [4.69, 9.17) is 10.6 Å². The van der Waals surface area contributed by atoms with E-state index in [2.05, 4.69) is 21.1 Å². The summed E-state index contributed by atoms with van der Waals surface area (Å²) in [4.78, 5) is 5.36. The number of hydrogen-bond donors (Lipinski definition) is 1. The molecule has 1 aliphatic rings. The first-order valence-electron chi connectivity index (χ1n) is 4.83. The molecule has 2 N–H and O–H groups in total. The van der Waals surface area contributed by atoms with Crippen LogP contribution in [-0.2, 0) is 4.84 Å². The molecule has 2 rings (SSSR count). The maximum atomic E-state index is 5.96. The number of halogens is 1. The van der Waals surface area contributed by atoms with Gasteiger partial charge in [-0.15, -0.1) is 0 Å². The van der Waals surface area contributed by atoms with E-state index in [1.54, 1.807) is 0 Å². The number of oxime groups is 1. The predicted octanol–water partition coefficient (Wildman–Crippen LogP) is 3.18. The molecule has 1 aliphatic heterocycles. The lowest BCUT2D eigenvalue weighted by atomic mass is 9.98. The average Bonchev–Trinajstić information content (AvgIpc) is 2.59. The van der Waals surface area contributed by atoms with Gasteiger partial charge in [-0.2, -0.15) is 0 Å². The second kappa shape index (κ2) is 3.85. The van der Waals surface area contributed by atoms with Gasteiger partial charge in [0.15, 0.2) is 6.10 Å². The summed E-state index contributed by atoms with van der Waals surface area (Å²) in [6, 6.07) is 3.85. The lowest BCUT2D eigenvalue weighted by Gasteiger charge is -2.15. The van der Waals surface area contributed by atoms with Crippen LogP contribution in [0.2, 0.25) is 0 Å². The molecule has 3 nitrogen and oxygen atoms in total. The second-order valence-corrected chi connectivity index (χ2v) is 4.65. The van der Waals surface area contributed by atoms with Crippen molar-refractivity contribution in [3.8, 4) is 0 Å². The Hall–Kier alpha value is -1.03. The first-order valence-corrected chi connectivity index (χ1v) is 5.62. The summed E-state index contributed by atoms with van der Waals surface area (Å²) in [6.07, 6.45) is 0.795. The summed E-state index contributed by atoms with van der Waals surface area (Å²) in [7, 11) is 0. The monoisotopic (exact) mass is 268 g/mol. The zero-order valence-electron chi connectivity index (χ0n) is 8.75. The van der Waals surface area contributed by atoms with Crippen LogP contribution in [0.25, 0.3) is 0 Å². The molecule has 0 amide bonds. The quantitative estimate of drug-likeness (QED) is 0.796. The summed E-state index contributed by atoms with van der Waals surface area (Å²) in [6.45, 7) is 4.00. The van der Waals surface area contributed by atoms with Crippen molar-refractivity contribution in [2.75, 3.05) is 5.73 Å². The Morgan fingerprint density at radius 3 is 2.80 bits per heavy atom. The second-order valence-electron chi connectivity index (χ2n) is 3.80. The van der Waals surface area contributed by atoms with Gasteiger partial charge in [-0.25, -0.2) is 0 Å². The molecule has 0 radical (unpaired) electrons. The molecule has 0 aliphatic carbocycles. The molecule has 1 aromatic rings. The van der Waals surface area contributed by atoms with E-state index >= 15 is 0 Å². The third-order valence-electron chi connectivity index (χ3n) is 2.62. The van der Waals surface area contributed by atoms with Gasteiger partial charge in [0.1, 0.15) is 0 Å². The van der Waals surface area contributed by atoms with Gasteiger partial charge in [0, 0.05) is 22.1 Å². The minimum Gasteiger partial charge on any atom is -0.398 e. The zero-order chi connectivity index (χ0) is 11.0. The van der Waals surface area contributed by atoms with Crippen molar-refractivity contribution >= 4 is 27.3 Å². The van der Waals surface area contributed by atoms with Crippen LogP contribution < -0.4 is 5.73 Å². The Bertz CT molecular complexity index is 429. The number of hydrogen-bond acceptors (Lipinski definition) is 3. The predicted molar refractivity (Wildman–Crippen MR) is 64.8 cm³/mol. The molecule has 15 heavy (non-hydrogen) atoms. The SMILES string of the molecule is CC1=NOC(c2c(N)ccc(Br)c2C)C1. The Morgan fingerprint density at radius 1 is 1.47 bits per heavy atom. The number of nitrogens with two attached hydrogens (primary N) is 1. The summed E-state index contributed by atoms with van der Waals surface area (Å²) in [5, 5.41) is 3.95. The highest BCUT2D eigenvalue weighted by atomic mass is 79.9. The fourth-order valence-corrected chi connectivity index (χ4v) is 2.15. The van der Waals surface area contributed by atoms with Crippen molar-refractivity contribution in [3.63, 3.8) is 0 Å². The van der Waals surface area contributed by atoms with Gasteiger partial charge in [-0.3, -0.25) is 0 Å². The molecule has 1 unspecified atom stereocenters. The molecule has 0 fully saturated rings. The molecule has 0 bridgehead atoms. The molecule has 0 saturated carbocycles. The van der Waals surface area contributed by atoms with E-state index in [1.165, 1.54) is 0 Å². The zero-order valence-corrected chi connectivity index (χ0v) is 10.3. The van der Waals surface area contributed by atoms with Crippen LogP contribution >= 0.6 is 15.9 Å². The summed E-state index contributed by atoms with van der Waals surface area (Å²) in [5.41, 5.74) is 9.92. The molecule has 1 aromatic carbocycles. The highest BCUT2D eigenvalue weighted by Gasteiger charge is 2.24. The number of nitrogens with zero attached hydrogens (tertiary/aromatic N) is 1. The number of anilines is 1. The Morgan fingerprint density at radius 2 is 2.20 bits per heavy atom. The fraction of sp³-hybridized carbons (Fsp3) is 0.364. The smallest absolute Gasteiger partial charge is 0.160 e. The van der Waals surface area contributed by atoms with Crippen LogP contribution in [-0.4, -0.2) is 5.71 Å². The number of nitrogen functional groups attached to an aromatic ring is 1. The van der Waals surface area contributed by atoms with Crippen LogP contribution in [0.1, 0.15) is 30.6 Å². The third-order valence-corrected chi connectivity index (χ3v) is 3.48. The lowest BCUT2D eigenvalue weighted by molar-refractivity contribution is 0.0857. The molecule has 0 aromatic heterocycles. The van der Waals surface area contributed by atoms with E-state index in [0.29, 0.717) is 0 Å². The van der Waals surface area contributed by atoms with Gasteiger partial charge in [-0.1, -0.05) is 21.1 Å². The van der Waals surface area contributed by atoms with E-state index in [-0.39, 0.29) is 6.10 Å². The Kier molecular flexibility index (Phi) is 2.69. The van der Waals surface area contributed by atoms with Gasteiger partial charge in [-0.05, 0) is 31.5 Å². The highest BCUT2D eigenvalue weighted by Crippen LogP contribution is 2.36. The molecule has 1 atom stereocenters. The van der Waals surface area contributed by atoms with Crippen molar-refractivity contribution < 1.29 is 4.84 Å². The Balaban J connectivity index is 2.40. The first-order chi connectivity index (χ1) is 7.09. The van der Waals surface area contributed by atoms with Crippen molar-refractivity contribution in [2.24, 2.45) is 5.16 Å². The van der Waals surface area contributed by atoms with E-state index in [1.807, 2.05) is 26.0 Å². The molecule has 4 heteroatoms. The van der Waals surface area contributed by atoms with Crippen LogP contribution in [0, 0.1) is 6.92 Å². The molecule has 1 heterocycles. The molecular formula is C11H13BrN2O. The largest absolute Gasteiger partial charge is 0.398 e. The number of rotatable bonds is 1. The summed E-state index contributed by atoms with van der Waals surface area (Å²) >= 11 is 3.49. The van der Waals surface area contributed by atoms with Gasteiger partial charge < -0.3 is 10.6 Å². The van der Waals surface area contributed by atoms with Gasteiger partial charge in [0.2, 0.25) is 0 Å². The van der Waals surface area contributed by atoms with Crippen LogP contribution in [0.5, 0.6) is 0 Å². The number of benzene rings is 1. The van der Waals surface area contributed by atoms with Crippen LogP contribution in [0.15, 0.2) is 21.8 Å². The van der Waals surface area contributed by atoms with Gasteiger partial charge >= 0.3 is 0 Å². The summed E-state index contributed by atoms with van der Waals surface area (Å²) < 4.78 is 1.06. The van der Waals surface area contributed by atoms with Crippen molar-refractivity contribution in [3.05, 3.63) is 27.7 Å². The topological polar surface area (TPSA) is 47.6 Å². The highest BCUT2D eigenvalue weighted by molar-refractivity contribution is 9.10. The van der Waals surface area contributed by atoms with Crippen molar-refractivity contribution in [1.82, 2.24) is 0 Å². The third kappa shape index (κ3) is 1.86. The average molecular weight is 269 g/mol. The van der Waals surface area contributed by atoms with E-state index < -0.39 is 0 Å². The first kappa shape index (κ1) is 10.5. The maximum absolute atomic E-state index is 5.96. The van der Waals surface area contributed by atoms with Gasteiger partial charge in [0.05, 0.1) is 5.71 Å². The van der Waals surface area contributed by atoms with Crippen LogP contribution in [0.3, 0.4) is 0 Å². The minimum atomic E-state index is -0.0255. The molecular weight excluding hydrogens is 256 g/mol. The minimum absolute atomic E-state index is 0.0255. The van der Waals surface area contributed by atoms with Crippen molar-refractivity contribution in [2.45, 2.75) is 26.4 Å². The Labute approximate surface area is 97.4 Å².